The van der Waals surface area contributed by atoms with Crippen LogP contribution in [0.1, 0.15) is 81.6 Å². The van der Waals surface area contributed by atoms with Gasteiger partial charge in [-0.2, -0.15) is 0 Å². The lowest BCUT2D eigenvalue weighted by molar-refractivity contribution is -0.142. The van der Waals surface area contributed by atoms with Crippen molar-refractivity contribution in [1.29, 1.82) is 0 Å². The van der Waals surface area contributed by atoms with E-state index in [1.54, 1.807) is 31.9 Å². The van der Waals surface area contributed by atoms with Crippen LogP contribution in [0.25, 0.3) is 0 Å². The molecule has 0 aromatic rings. The Labute approximate surface area is 213 Å². The van der Waals surface area contributed by atoms with Gasteiger partial charge < -0.3 is 15.0 Å². The number of esters is 1. The molecule has 0 spiro atoms. The Hall–Kier alpha value is -2.33. The molecule has 1 aliphatic heterocycles. The van der Waals surface area contributed by atoms with E-state index >= 15 is 0 Å². The molecule has 0 bridgehead atoms. The van der Waals surface area contributed by atoms with Crippen molar-refractivity contribution in [2.24, 2.45) is 11.3 Å². The highest BCUT2D eigenvalue weighted by atomic mass is 16.5. The van der Waals surface area contributed by atoms with Crippen molar-refractivity contribution in [1.82, 2.24) is 15.1 Å². The topological polar surface area (TPSA) is 79.0 Å². The zero-order valence-electron chi connectivity index (χ0n) is 23.5. The molecule has 1 saturated heterocycles. The summed E-state index contributed by atoms with van der Waals surface area (Å²) in [6.45, 7) is 18.2. The van der Waals surface area contributed by atoms with Crippen LogP contribution in [0, 0.1) is 23.7 Å². The largest absolute Gasteiger partial charge is 0.463 e. The molecule has 35 heavy (non-hydrogen) atoms. The molecule has 1 heterocycles. The summed E-state index contributed by atoms with van der Waals surface area (Å²) in [4.78, 5) is 43.2. The quantitative estimate of drug-likeness (QED) is 0.303. The lowest BCUT2D eigenvalue weighted by atomic mass is 9.84. The van der Waals surface area contributed by atoms with Gasteiger partial charge in [-0.15, -0.1) is 6.42 Å². The minimum absolute atomic E-state index is 0.0508. The molecule has 3 atom stereocenters. The molecule has 1 aliphatic rings. The number of hydrogen-bond acceptors (Lipinski definition) is 5. The summed E-state index contributed by atoms with van der Waals surface area (Å²) in [5.41, 5.74) is -0.627. The Kier molecular flexibility index (Phi) is 11.0. The number of nitrogens with zero attached hydrogens (tertiary/aromatic N) is 2. The molecule has 7 nitrogen and oxygen atoms in total. The van der Waals surface area contributed by atoms with Gasteiger partial charge in [-0.3, -0.25) is 14.5 Å². The highest BCUT2D eigenvalue weighted by molar-refractivity contribution is 5.91. The summed E-state index contributed by atoms with van der Waals surface area (Å²) in [5, 5.41) is 3.07. The van der Waals surface area contributed by atoms with Crippen LogP contribution in [0.5, 0.6) is 0 Å². The van der Waals surface area contributed by atoms with Gasteiger partial charge in [0.25, 0.3) is 0 Å². The fraction of sp³-hybridized carbons (Fsp3) is 0.750. The first-order valence-corrected chi connectivity index (χ1v) is 12.8. The molecule has 0 aromatic heterocycles. The summed E-state index contributed by atoms with van der Waals surface area (Å²) in [5.74, 6) is 2.10. The van der Waals surface area contributed by atoms with E-state index < -0.39 is 23.0 Å². The minimum atomic E-state index is -0.740. The van der Waals surface area contributed by atoms with Crippen molar-refractivity contribution < 1.29 is 19.1 Å². The van der Waals surface area contributed by atoms with Crippen molar-refractivity contribution in [2.75, 3.05) is 20.2 Å². The highest BCUT2D eigenvalue weighted by Gasteiger charge is 2.41. The predicted octanol–water partition coefficient (Wildman–Crippen LogP) is 3.78. The van der Waals surface area contributed by atoms with Gasteiger partial charge in [-0.25, -0.2) is 4.79 Å². The molecule has 3 unspecified atom stereocenters. The maximum Gasteiger partial charge on any atom is 0.333 e. The van der Waals surface area contributed by atoms with Crippen LogP contribution in [-0.4, -0.2) is 71.4 Å². The van der Waals surface area contributed by atoms with Gasteiger partial charge in [0.05, 0.1) is 24.2 Å². The number of terminal acetylenes is 1. The Morgan fingerprint density at radius 3 is 2.29 bits per heavy atom. The number of carbonyl (C=O) groups is 3. The number of amides is 2. The standard InChI is InChI=1S/C28H47N3O4/c1-12-28(9,10)31-17-15-14-16-21(31)24(32)29-23(27(6,7)8)25(33)30(11)22(19(3)4)18-20(5)26(34)35-13-2/h1,18-19,21-23H,13-17H2,2-11H3,(H,29,32)/b20-18+. The number of piperidine rings is 1. The lowest BCUT2D eigenvalue weighted by Crippen LogP contribution is -2.62. The third-order valence-electron chi connectivity index (χ3n) is 6.77. The summed E-state index contributed by atoms with van der Waals surface area (Å²) in [6, 6.07) is -1.46. The molecule has 7 heteroatoms. The average molecular weight is 490 g/mol. The van der Waals surface area contributed by atoms with Crippen LogP contribution in [-0.2, 0) is 19.1 Å². The molecule has 1 fully saturated rings. The highest BCUT2D eigenvalue weighted by Crippen LogP contribution is 2.28. The number of carbonyl (C=O) groups excluding carboxylic acids is 3. The van der Waals surface area contributed by atoms with E-state index in [0.717, 1.165) is 19.4 Å². The van der Waals surface area contributed by atoms with Gasteiger partial charge in [-0.05, 0) is 51.9 Å². The second-order valence-electron chi connectivity index (χ2n) is 11.5. The van der Waals surface area contributed by atoms with E-state index in [1.165, 1.54) is 0 Å². The van der Waals surface area contributed by atoms with E-state index in [2.05, 4.69) is 16.1 Å². The van der Waals surface area contributed by atoms with Gasteiger partial charge >= 0.3 is 5.97 Å². The minimum Gasteiger partial charge on any atom is -0.463 e. The first kappa shape index (κ1) is 30.7. The van der Waals surface area contributed by atoms with Crippen molar-refractivity contribution in [2.45, 2.75) is 105 Å². The van der Waals surface area contributed by atoms with Gasteiger partial charge in [0.1, 0.15) is 6.04 Å². The summed E-state index contributed by atoms with van der Waals surface area (Å²) in [6.07, 6.45) is 10.2. The fourth-order valence-electron chi connectivity index (χ4n) is 4.51. The summed E-state index contributed by atoms with van der Waals surface area (Å²) >= 11 is 0. The van der Waals surface area contributed by atoms with E-state index in [9.17, 15) is 14.4 Å². The molecule has 0 saturated carbocycles. The number of rotatable bonds is 9. The molecular formula is C28H47N3O4. The van der Waals surface area contributed by atoms with Crippen LogP contribution in [0.15, 0.2) is 11.6 Å². The monoisotopic (exact) mass is 489 g/mol. The maximum atomic E-state index is 13.8. The Balaban J connectivity index is 3.23. The number of likely N-dealkylation sites (tertiary alicyclic amines) is 1. The van der Waals surface area contributed by atoms with Gasteiger partial charge in [-0.1, -0.05) is 53.0 Å². The first-order chi connectivity index (χ1) is 16.1. The molecule has 0 aliphatic carbocycles. The third kappa shape index (κ3) is 8.10. The van der Waals surface area contributed by atoms with Crippen LogP contribution < -0.4 is 5.32 Å². The molecule has 2 amide bonds. The Morgan fingerprint density at radius 1 is 1.20 bits per heavy atom. The summed E-state index contributed by atoms with van der Waals surface area (Å²) in [7, 11) is 1.72. The van der Waals surface area contributed by atoms with Crippen molar-refractivity contribution in [3.8, 4) is 12.3 Å². The molecular weight excluding hydrogens is 442 g/mol. The molecule has 198 valence electrons. The Morgan fingerprint density at radius 2 is 1.80 bits per heavy atom. The number of hydrogen-bond donors (Lipinski definition) is 1. The predicted molar refractivity (Wildman–Crippen MR) is 140 cm³/mol. The van der Waals surface area contributed by atoms with Crippen molar-refractivity contribution in [3.63, 3.8) is 0 Å². The Bertz CT molecular complexity index is 832. The molecule has 1 rings (SSSR count). The van der Waals surface area contributed by atoms with E-state index in [1.807, 2.05) is 48.5 Å². The SMILES string of the molecule is C#CC(C)(C)N1CCCCC1C(=O)NC(C(=O)N(C)C(/C=C(\C)C(=O)OCC)C(C)C)C(C)(C)C. The molecule has 1 N–H and O–H groups in total. The fourth-order valence-corrected chi connectivity index (χ4v) is 4.51. The van der Waals surface area contributed by atoms with E-state index in [4.69, 9.17) is 11.2 Å². The van der Waals surface area contributed by atoms with Crippen molar-refractivity contribution in [3.05, 3.63) is 11.6 Å². The smallest absolute Gasteiger partial charge is 0.333 e. The van der Waals surface area contributed by atoms with Crippen LogP contribution >= 0.6 is 0 Å². The molecule has 0 aromatic carbocycles. The van der Waals surface area contributed by atoms with Crippen molar-refractivity contribution >= 4 is 17.8 Å². The van der Waals surface area contributed by atoms with Crippen LogP contribution in [0.4, 0.5) is 0 Å². The zero-order valence-corrected chi connectivity index (χ0v) is 23.5. The molecule has 0 radical (unpaired) electrons. The van der Waals surface area contributed by atoms with Gasteiger partial charge in [0.2, 0.25) is 11.8 Å². The third-order valence-corrected chi connectivity index (χ3v) is 6.77. The second-order valence-corrected chi connectivity index (χ2v) is 11.5. The normalized spacial score (nSPS) is 19.5. The number of ether oxygens (including phenoxy) is 1. The van der Waals surface area contributed by atoms with Crippen LogP contribution in [0.2, 0.25) is 0 Å². The van der Waals surface area contributed by atoms with E-state index in [-0.39, 0.29) is 36.4 Å². The zero-order chi connectivity index (χ0) is 27.1. The van der Waals surface area contributed by atoms with Crippen LogP contribution in [0.3, 0.4) is 0 Å². The second kappa shape index (κ2) is 12.6. The average Bonchev–Trinajstić information content (AvgIpc) is 2.78. The summed E-state index contributed by atoms with van der Waals surface area (Å²) < 4.78 is 5.11. The van der Waals surface area contributed by atoms with Gasteiger partial charge in [0, 0.05) is 19.2 Å². The lowest BCUT2D eigenvalue weighted by Gasteiger charge is -2.44. The van der Waals surface area contributed by atoms with E-state index in [0.29, 0.717) is 12.0 Å². The maximum absolute atomic E-state index is 13.8. The number of likely N-dealkylation sites (N-methyl/N-ethyl adjacent to an activating group) is 1. The first-order valence-electron chi connectivity index (χ1n) is 12.8. The number of nitrogens with one attached hydrogen (secondary N) is 1. The van der Waals surface area contributed by atoms with Gasteiger partial charge in [0.15, 0.2) is 0 Å².